The third-order valence-corrected chi connectivity index (χ3v) is 6.56. The van der Waals surface area contributed by atoms with Crippen LogP contribution in [0.4, 0.5) is 11.4 Å². The largest absolute Gasteiger partial charge is 0.493 e. The first-order chi connectivity index (χ1) is 17.9. The van der Waals surface area contributed by atoms with Crippen molar-refractivity contribution in [3.8, 4) is 11.5 Å². The average Bonchev–Trinajstić information content (AvgIpc) is 2.91. The number of carbonyl (C=O) groups is 2. The number of amides is 1. The van der Waals surface area contributed by atoms with Crippen LogP contribution in [0.2, 0.25) is 5.02 Å². The summed E-state index contributed by atoms with van der Waals surface area (Å²) in [5.74, 6) is -0.297. The number of halogens is 1. The van der Waals surface area contributed by atoms with Crippen molar-refractivity contribution in [2.45, 2.75) is 20.1 Å². The number of carbonyl (C=O) groups excluding carboxylic acids is 1. The summed E-state index contributed by atoms with van der Waals surface area (Å²) < 4.78 is 17.1. The van der Waals surface area contributed by atoms with Gasteiger partial charge in [-0.2, -0.15) is 0 Å². The van der Waals surface area contributed by atoms with Gasteiger partial charge in [-0.1, -0.05) is 41.9 Å². The summed E-state index contributed by atoms with van der Waals surface area (Å²) in [6, 6.07) is 17.9. The minimum Gasteiger partial charge on any atom is -0.493 e. The molecule has 0 atom stereocenters. The van der Waals surface area contributed by atoms with Crippen LogP contribution in [0.25, 0.3) is 0 Å². The highest BCUT2D eigenvalue weighted by atomic mass is 35.5. The van der Waals surface area contributed by atoms with Crippen molar-refractivity contribution in [3.05, 3.63) is 82.4 Å². The Hall–Kier alpha value is -3.75. The Balaban J connectivity index is 1.65. The zero-order valence-electron chi connectivity index (χ0n) is 20.8. The summed E-state index contributed by atoms with van der Waals surface area (Å²) >= 11 is 6.30. The number of aromatic carboxylic acids is 1. The minimum absolute atomic E-state index is 0.131. The molecule has 0 unspecified atom stereocenters. The van der Waals surface area contributed by atoms with E-state index in [0.29, 0.717) is 59.8 Å². The van der Waals surface area contributed by atoms with E-state index >= 15 is 0 Å². The molecular formula is C28H29ClN2O6. The summed E-state index contributed by atoms with van der Waals surface area (Å²) in [6.45, 7) is 4.09. The van der Waals surface area contributed by atoms with Crippen LogP contribution in [-0.4, -0.2) is 50.4 Å². The molecule has 8 nitrogen and oxygen atoms in total. The van der Waals surface area contributed by atoms with Gasteiger partial charge in [-0.25, -0.2) is 4.79 Å². The molecule has 1 heterocycles. The molecule has 1 amide bonds. The highest BCUT2D eigenvalue weighted by Crippen LogP contribution is 2.35. The second-order valence-corrected chi connectivity index (χ2v) is 8.95. The van der Waals surface area contributed by atoms with Gasteiger partial charge in [0.25, 0.3) is 0 Å². The SMILES string of the molecule is COc1cccc(CN(C(C)=O)c2ccc(N3CCOCC3)c(C(=O)O)c2)c1OCc1ccccc1Cl. The molecule has 194 valence electrons. The highest BCUT2D eigenvalue weighted by molar-refractivity contribution is 6.31. The fourth-order valence-corrected chi connectivity index (χ4v) is 4.46. The van der Waals surface area contributed by atoms with E-state index in [4.69, 9.17) is 25.8 Å². The lowest BCUT2D eigenvalue weighted by molar-refractivity contribution is -0.116. The van der Waals surface area contributed by atoms with Crippen LogP contribution in [0.15, 0.2) is 60.7 Å². The van der Waals surface area contributed by atoms with Crippen LogP contribution in [0.3, 0.4) is 0 Å². The number of anilines is 2. The van der Waals surface area contributed by atoms with Crippen LogP contribution in [0.1, 0.15) is 28.4 Å². The zero-order chi connectivity index (χ0) is 26.4. The molecule has 0 bridgehead atoms. The third kappa shape index (κ3) is 6.15. The number of benzene rings is 3. The Bertz CT molecular complexity index is 1280. The van der Waals surface area contributed by atoms with Gasteiger partial charge in [-0.15, -0.1) is 0 Å². The molecule has 4 rings (SSSR count). The Labute approximate surface area is 220 Å². The van der Waals surface area contributed by atoms with Gasteiger partial charge >= 0.3 is 5.97 Å². The molecule has 9 heteroatoms. The molecule has 1 aliphatic heterocycles. The first kappa shape index (κ1) is 26.3. The Morgan fingerprint density at radius 1 is 1.05 bits per heavy atom. The molecule has 1 fully saturated rings. The van der Waals surface area contributed by atoms with Crippen molar-refractivity contribution < 1.29 is 28.9 Å². The van der Waals surface area contributed by atoms with E-state index in [9.17, 15) is 14.7 Å². The summed E-state index contributed by atoms with van der Waals surface area (Å²) in [7, 11) is 1.55. The molecule has 0 spiro atoms. The third-order valence-electron chi connectivity index (χ3n) is 6.19. The van der Waals surface area contributed by atoms with E-state index in [1.54, 1.807) is 37.4 Å². The average molecular weight is 525 g/mol. The number of para-hydroxylation sites is 1. The van der Waals surface area contributed by atoms with E-state index in [1.165, 1.54) is 11.8 Å². The number of nitrogens with zero attached hydrogens (tertiary/aromatic N) is 2. The number of ether oxygens (including phenoxy) is 3. The topological polar surface area (TPSA) is 88.5 Å². The van der Waals surface area contributed by atoms with Crippen LogP contribution in [-0.2, 0) is 22.7 Å². The number of methoxy groups -OCH3 is 1. The molecule has 0 radical (unpaired) electrons. The summed E-state index contributed by atoms with van der Waals surface area (Å²) in [5.41, 5.74) is 2.73. The summed E-state index contributed by atoms with van der Waals surface area (Å²) in [6.07, 6.45) is 0. The van der Waals surface area contributed by atoms with Gasteiger partial charge in [-0.05, 0) is 30.3 Å². The van der Waals surface area contributed by atoms with Gasteiger partial charge in [0.1, 0.15) is 6.61 Å². The Morgan fingerprint density at radius 3 is 2.46 bits per heavy atom. The predicted octanol–water partition coefficient (Wildman–Crippen LogP) is 5.02. The highest BCUT2D eigenvalue weighted by Gasteiger charge is 2.23. The number of carboxylic acid groups (broad SMARTS) is 1. The van der Waals surface area contributed by atoms with Crippen molar-refractivity contribution in [3.63, 3.8) is 0 Å². The van der Waals surface area contributed by atoms with Gasteiger partial charge in [0.2, 0.25) is 5.91 Å². The molecule has 3 aromatic rings. The molecule has 1 saturated heterocycles. The van der Waals surface area contributed by atoms with E-state index in [-0.39, 0.29) is 24.6 Å². The number of carboxylic acids is 1. The van der Waals surface area contributed by atoms with E-state index in [1.807, 2.05) is 35.2 Å². The van der Waals surface area contributed by atoms with Crippen LogP contribution >= 0.6 is 11.6 Å². The normalized spacial score (nSPS) is 13.2. The first-order valence-electron chi connectivity index (χ1n) is 11.9. The van der Waals surface area contributed by atoms with Crippen molar-refractivity contribution in [2.24, 2.45) is 0 Å². The smallest absolute Gasteiger partial charge is 0.337 e. The Kier molecular flexibility index (Phi) is 8.53. The molecule has 0 saturated carbocycles. The van der Waals surface area contributed by atoms with Crippen molar-refractivity contribution >= 4 is 34.9 Å². The maximum Gasteiger partial charge on any atom is 0.337 e. The zero-order valence-corrected chi connectivity index (χ0v) is 21.5. The maximum absolute atomic E-state index is 12.8. The monoisotopic (exact) mass is 524 g/mol. The van der Waals surface area contributed by atoms with E-state index < -0.39 is 5.97 Å². The van der Waals surface area contributed by atoms with E-state index in [0.717, 1.165) is 5.56 Å². The van der Waals surface area contributed by atoms with Crippen LogP contribution in [0, 0.1) is 0 Å². The fourth-order valence-electron chi connectivity index (χ4n) is 4.27. The number of hydrogen-bond donors (Lipinski definition) is 1. The lowest BCUT2D eigenvalue weighted by Gasteiger charge is -2.31. The molecule has 1 aliphatic rings. The number of morpholine rings is 1. The van der Waals surface area contributed by atoms with Gasteiger partial charge in [0, 0.05) is 41.9 Å². The van der Waals surface area contributed by atoms with Crippen molar-refractivity contribution in [1.82, 2.24) is 0 Å². The first-order valence-corrected chi connectivity index (χ1v) is 12.3. The fraction of sp³-hybridized carbons (Fsp3) is 0.286. The lowest BCUT2D eigenvalue weighted by Crippen LogP contribution is -2.37. The summed E-state index contributed by atoms with van der Waals surface area (Å²) in [4.78, 5) is 28.4. The molecule has 1 N–H and O–H groups in total. The second-order valence-electron chi connectivity index (χ2n) is 8.54. The Morgan fingerprint density at radius 2 is 1.78 bits per heavy atom. The van der Waals surface area contributed by atoms with Crippen molar-refractivity contribution in [2.75, 3.05) is 43.2 Å². The quantitative estimate of drug-likeness (QED) is 0.420. The lowest BCUT2D eigenvalue weighted by atomic mass is 10.1. The van der Waals surface area contributed by atoms with Crippen LogP contribution in [0.5, 0.6) is 11.5 Å². The van der Waals surface area contributed by atoms with Gasteiger partial charge < -0.3 is 29.1 Å². The van der Waals surface area contributed by atoms with Crippen LogP contribution < -0.4 is 19.3 Å². The predicted molar refractivity (Wildman–Crippen MR) is 142 cm³/mol. The van der Waals surface area contributed by atoms with Gasteiger partial charge in [-0.3, -0.25) is 4.79 Å². The molecule has 0 aromatic heterocycles. The maximum atomic E-state index is 12.8. The summed E-state index contributed by atoms with van der Waals surface area (Å²) in [5, 5.41) is 10.5. The molecule has 37 heavy (non-hydrogen) atoms. The molecule has 3 aromatic carbocycles. The van der Waals surface area contributed by atoms with Gasteiger partial charge in [0.05, 0.1) is 38.1 Å². The number of hydrogen-bond acceptors (Lipinski definition) is 6. The van der Waals surface area contributed by atoms with Crippen molar-refractivity contribution in [1.29, 1.82) is 0 Å². The minimum atomic E-state index is -1.06. The standard InChI is InChI=1S/C28H29ClN2O6/c1-19(32)31(22-10-11-25(23(16-22)28(33)34)30-12-14-36-15-13-30)17-20-7-5-9-26(35-2)27(20)37-18-21-6-3-4-8-24(21)29/h3-11,16H,12-15,17-18H2,1-2H3,(H,33,34). The molecular weight excluding hydrogens is 496 g/mol. The van der Waals surface area contributed by atoms with E-state index in [2.05, 4.69) is 0 Å². The number of rotatable bonds is 9. The van der Waals surface area contributed by atoms with Gasteiger partial charge in [0.15, 0.2) is 11.5 Å². The molecule has 0 aliphatic carbocycles. The second kappa shape index (κ2) is 12.0.